The molecule has 0 aliphatic heterocycles. The molecule has 2 rings (SSSR count). The van der Waals surface area contributed by atoms with Crippen LogP contribution < -0.4 is 21.3 Å². The Morgan fingerprint density at radius 2 is 1.55 bits per heavy atom. The lowest BCUT2D eigenvalue weighted by atomic mass is 10.00. The van der Waals surface area contributed by atoms with Gasteiger partial charge in [0.1, 0.15) is 17.9 Å². The molecule has 0 spiro atoms. The number of nitrogens with one attached hydrogen (secondary N) is 2. The van der Waals surface area contributed by atoms with Gasteiger partial charge in [-0.15, -0.1) is 48.0 Å². The van der Waals surface area contributed by atoms with Crippen LogP contribution in [0.1, 0.15) is 59.7 Å². The molecule has 252 valence electrons. The lowest BCUT2D eigenvalue weighted by molar-refractivity contribution is -0.148. The van der Waals surface area contributed by atoms with Gasteiger partial charge in [-0.2, -0.15) is 0 Å². The molecule has 0 saturated carbocycles. The minimum atomic E-state index is -0.845. The van der Waals surface area contributed by atoms with E-state index >= 15 is 0 Å². The summed E-state index contributed by atoms with van der Waals surface area (Å²) < 4.78 is 7.15. The molecule has 1 heterocycles. The van der Waals surface area contributed by atoms with Crippen LogP contribution in [0.25, 0.3) is 11.0 Å². The third-order valence-corrected chi connectivity index (χ3v) is 7.32. The minimum absolute atomic E-state index is 0. The Labute approximate surface area is 284 Å². The average molecular weight is 701 g/mol. The van der Waals surface area contributed by atoms with Gasteiger partial charge in [0.25, 0.3) is 0 Å². The molecule has 1 aromatic heterocycles. The summed E-state index contributed by atoms with van der Waals surface area (Å²) >= 11 is 11.9. The number of rotatable bonds is 18. The van der Waals surface area contributed by atoms with Crippen molar-refractivity contribution in [2.45, 2.75) is 78.4 Å². The van der Waals surface area contributed by atoms with Gasteiger partial charge in [0.15, 0.2) is 0 Å². The van der Waals surface area contributed by atoms with Gasteiger partial charge in [-0.05, 0) is 56.2 Å². The Hall–Kier alpha value is -1.98. The molecule has 4 N–H and O–H groups in total. The number of imidazole rings is 1. The van der Waals surface area contributed by atoms with Crippen LogP contribution in [-0.4, -0.2) is 76.9 Å². The summed E-state index contributed by atoms with van der Waals surface area (Å²) in [6, 6.07) is 3.60. The Morgan fingerprint density at radius 3 is 2.09 bits per heavy atom. The normalized spacial score (nSPS) is 13.1. The predicted octanol–water partition coefficient (Wildman–Crippen LogP) is 4.59. The molecule has 3 atom stereocenters. The third-order valence-electron chi connectivity index (χ3n) is 6.98. The Bertz CT molecular complexity index is 1170. The van der Waals surface area contributed by atoms with Gasteiger partial charge >= 0.3 is 5.97 Å². The molecule has 10 nitrogen and oxygen atoms in total. The van der Waals surface area contributed by atoms with Gasteiger partial charge in [0.05, 0.1) is 23.7 Å². The largest absolute Gasteiger partial charge is 0.464 e. The number of halogens is 4. The number of aromatic nitrogens is 2. The molecule has 2 aromatic rings. The van der Waals surface area contributed by atoms with Crippen molar-refractivity contribution in [1.82, 2.24) is 20.2 Å². The first-order valence-electron chi connectivity index (χ1n) is 14.8. The number of fused-ring (bicyclic) bond motifs is 1. The molecule has 0 saturated heterocycles. The number of benzene rings is 1. The molecular weight excluding hydrogens is 650 g/mol. The second kappa shape index (κ2) is 20.9. The molecule has 1 aromatic carbocycles. The summed E-state index contributed by atoms with van der Waals surface area (Å²) in [5.74, 6) is 0.740. The molecule has 14 heteroatoms. The van der Waals surface area contributed by atoms with E-state index in [1.807, 2.05) is 57.5 Å². The summed E-state index contributed by atoms with van der Waals surface area (Å²) in [6.45, 7) is 11.2. The van der Waals surface area contributed by atoms with Crippen molar-refractivity contribution < 1.29 is 19.1 Å². The summed E-state index contributed by atoms with van der Waals surface area (Å²) in [7, 11) is 1.94. The number of hydrogen-bond acceptors (Lipinski definition) is 7. The summed E-state index contributed by atoms with van der Waals surface area (Å²) in [5.41, 5.74) is 9.09. The predicted molar refractivity (Wildman–Crippen MR) is 185 cm³/mol. The Morgan fingerprint density at radius 1 is 0.977 bits per heavy atom. The number of amides is 2. The van der Waals surface area contributed by atoms with Crippen molar-refractivity contribution in [3.63, 3.8) is 0 Å². The van der Waals surface area contributed by atoms with Crippen LogP contribution in [0, 0.1) is 11.8 Å². The summed E-state index contributed by atoms with van der Waals surface area (Å²) in [4.78, 5) is 45.7. The number of nitrogens with two attached hydrogens (primary N) is 1. The molecule has 2 amide bonds. The van der Waals surface area contributed by atoms with Crippen LogP contribution in [0.5, 0.6) is 0 Å². The summed E-state index contributed by atoms with van der Waals surface area (Å²) in [6.07, 6.45) is 1.65. The van der Waals surface area contributed by atoms with Crippen LogP contribution in [0.4, 0.5) is 5.69 Å². The first-order chi connectivity index (χ1) is 19.9. The van der Waals surface area contributed by atoms with Crippen LogP contribution >= 0.6 is 48.0 Å². The number of carbonyl (C=O) groups is 3. The van der Waals surface area contributed by atoms with E-state index in [2.05, 4.69) is 15.5 Å². The molecular formula is C30H50Cl4N6O4. The van der Waals surface area contributed by atoms with Crippen LogP contribution in [-0.2, 0) is 32.6 Å². The first kappa shape index (κ1) is 42.0. The number of alkyl halides is 2. The number of aryl methyl sites for hydroxylation is 2. The van der Waals surface area contributed by atoms with Gasteiger partial charge in [0, 0.05) is 44.0 Å². The number of anilines is 1. The minimum Gasteiger partial charge on any atom is -0.464 e. The highest BCUT2D eigenvalue weighted by Gasteiger charge is 2.30. The monoisotopic (exact) mass is 698 g/mol. The smallest absolute Gasteiger partial charge is 0.328 e. The second-order valence-corrected chi connectivity index (χ2v) is 12.2. The Kier molecular flexibility index (Phi) is 20.0. The van der Waals surface area contributed by atoms with E-state index in [4.69, 9.17) is 38.7 Å². The van der Waals surface area contributed by atoms with Gasteiger partial charge in [-0.25, -0.2) is 9.78 Å². The second-order valence-electron chi connectivity index (χ2n) is 11.4. The molecule has 0 aliphatic carbocycles. The van der Waals surface area contributed by atoms with E-state index in [1.165, 1.54) is 0 Å². The van der Waals surface area contributed by atoms with Crippen molar-refractivity contribution in [3.05, 3.63) is 24.0 Å². The van der Waals surface area contributed by atoms with Gasteiger partial charge in [-0.3, -0.25) is 9.59 Å². The van der Waals surface area contributed by atoms with Crippen molar-refractivity contribution in [2.75, 3.05) is 36.4 Å². The SMILES string of the molecule is CCOC(=O)[C@H](CC(C)C)NC(=O)[C@H](CC(C)C)NC(=O)[C@@H](N)CCc1nc2cc(N(CCCl)CCCl)ccc2n1C.Cl.Cl. The molecule has 0 fully saturated rings. The maximum atomic E-state index is 13.2. The topological polar surface area (TPSA) is 132 Å². The zero-order valence-electron chi connectivity index (χ0n) is 26.6. The van der Waals surface area contributed by atoms with Gasteiger partial charge < -0.3 is 30.6 Å². The van der Waals surface area contributed by atoms with Crippen LogP contribution in [0.15, 0.2) is 18.2 Å². The standard InChI is InChI=1S/C30H48Cl2N6O4.2ClH/c1-7-42-30(41)25(17-20(4)5)36-29(40)24(16-19(2)3)35-28(39)22(33)9-11-27-34-23-18-21(8-10-26(23)37(27)6)38(14-12-31)15-13-32;;/h8,10,18-20,22,24-25H,7,9,11-17,33H2,1-6H3,(H,35,39)(H,36,40);2*1H/t22-,24-,25-;;/m0../s1. The molecule has 0 unspecified atom stereocenters. The quantitative estimate of drug-likeness (QED) is 0.153. The Balaban J connectivity index is 0.00000924. The zero-order valence-corrected chi connectivity index (χ0v) is 29.8. The van der Waals surface area contributed by atoms with E-state index in [0.29, 0.717) is 50.5 Å². The number of ether oxygens (including phenoxy) is 1. The maximum Gasteiger partial charge on any atom is 0.328 e. The van der Waals surface area contributed by atoms with E-state index in [0.717, 1.165) is 22.5 Å². The van der Waals surface area contributed by atoms with Gasteiger partial charge in [-0.1, -0.05) is 27.7 Å². The number of carbonyl (C=O) groups excluding carboxylic acids is 3. The fraction of sp³-hybridized carbons (Fsp3) is 0.667. The average Bonchev–Trinajstić information content (AvgIpc) is 3.24. The highest BCUT2D eigenvalue weighted by molar-refractivity contribution is 6.18. The first-order valence-corrected chi connectivity index (χ1v) is 15.8. The van der Waals surface area contributed by atoms with Crippen molar-refractivity contribution in [2.24, 2.45) is 24.6 Å². The summed E-state index contributed by atoms with van der Waals surface area (Å²) in [5, 5.41) is 5.61. The van der Waals surface area contributed by atoms with E-state index < -0.39 is 35.9 Å². The molecule has 0 bridgehead atoms. The third kappa shape index (κ3) is 12.8. The van der Waals surface area contributed by atoms with Crippen LogP contribution in [0.2, 0.25) is 0 Å². The number of hydrogen-bond donors (Lipinski definition) is 3. The van der Waals surface area contributed by atoms with Crippen molar-refractivity contribution >= 4 is 82.5 Å². The van der Waals surface area contributed by atoms with Crippen molar-refractivity contribution in [3.8, 4) is 0 Å². The van der Waals surface area contributed by atoms with E-state index in [1.54, 1.807) is 6.92 Å². The zero-order chi connectivity index (χ0) is 31.4. The fourth-order valence-electron chi connectivity index (χ4n) is 4.83. The lowest BCUT2D eigenvalue weighted by Gasteiger charge is -2.25. The van der Waals surface area contributed by atoms with Crippen LogP contribution in [0.3, 0.4) is 0 Å². The van der Waals surface area contributed by atoms with E-state index in [-0.39, 0.29) is 43.3 Å². The maximum absolute atomic E-state index is 13.2. The molecule has 44 heavy (non-hydrogen) atoms. The van der Waals surface area contributed by atoms with Gasteiger partial charge in [0.2, 0.25) is 11.8 Å². The van der Waals surface area contributed by atoms with Crippen molar-refractivity contribution in [1.29, 1.82) is 0 Å². The number of esters is 1. The highest BCUT2D eigenvalue weighted by Crippen LogP contribution is 2.23. The fourth-order valence-corrected chi connectivity index (χ4v) is 5.24. The molecule has 0 radical (unpaired) electrons. The highest BCUT2D eigenvalue weighted by atomic mass is 35.5. The lowest BCUT2D eigenvalue weighted by Crippen LogP contribution is -2.55. The molecule has 0 aliphatic rings. The number of nitrogens with zero attached hydrogens (tertiary/aromatic N) is 3. The van der Waals surface area contributed by atoms with E-state index in [9.17, 15) is 14.4 Å².